The van der Waals surface area contributed by atoms with Crippen LogP contribution in [-0.4, -0.2) is 0 Å². The third kappa shape index (κ3) is 3.48. The van der Waals surface area contributed by atoms with E-state index in [9.17, 15) is 0 Å². The minimum atomic E-state index is 0.186. The molecule has 0 spiro atoms. The molecule has 0 aliphatic carbocycles. The molecule has 0 bridgehead atoms. The number of benzene rings is 1. The molecule has 0 radical (unpaired) electrons. The fourth-order valence-electron chi connectivity index (χ4n) is 1.62. The lowest BCUT2D eigenvalue weighted by Crippen LogP contribution is -2.11. The Morgan fingerprint density at radius 3 is 2.56 bits per heavy atom. The van der Waals surface area contributed by atoms with Crippen LogP contribution in [-0.2, 0) is 12.0 Å². The van der Waals surface area contributed by atoms with Gasteiger partial charge < -0.3 is 4.74 Å². The molecule has 1 aromatic heterocycles. The summed E-state index contributed by atoms with van der Waals surface area (Å²) in [6, 6.07) is 8.55. The molecule has 0 saturated heterocycles. The number of thiophene rings is 1. The van der Waals surface area contributed by atoms with Crippen molar-refractivity contribution in [3.05, 3.63) is 49.7 Å². The first-order chi connectivity index (χ1) is 8.47. The highest BCUT2D eigenvalue weighted by molar-refractivity contribution is 14.1. The predicted octanol–water partition coefficient (Wildman–Crippen LogP) is 5.23. The highest BCUT2D eigenvalue weighted by Crippen LogP contribution is 2.29. The second-order valence-electron chi connectivity index (χ2n) is 5.32. The summed E-state index contributed by atoms with van der Waals surface area (Å²) in [5.41, 5.74) is 2.76. The van der Waals surface area contributed by atoms with Crippen molar-refractivity contribution in [2.45, 2.75) is 32.8 Å². The highest BCUT2D eigenvalue weighted by Gasteiger charge is 2.15. The Hall–Kier alpha value is -0.550. The van der Waals surface area contributed by atoms with E-state index in [2.05, 4.69) is 78.4 Å². The van der Waals surface area contributed by atoms with E-state index >= 15 is 0 Å². The number of hydrogen-bond acceptors (Lipinski definition) is 2. The molecule has 1 aromatic carbocycles. The van der Waals surface area contributed by atoms with Crippen molar-refractivity contribution in [1.82, 2.24) is 0 Å². The third-order valence-corrected chi connectivity index (χ3v) is 4.35. The molecule has 1 nitrogen and oxygen atoms in total. The largest absolute Gasteiger partial charge is 0.488 e. The van der Waals surface area contributed by atoms with E-state index < -0.39 is 0 Å². The second-order valence-corrected chi connectivity index (χ2v) is 7.26. The predicted molar refractivity (Wildman–Crippen MR) is 86.5 cm³/mol. The minimum Gasteiger partial charge on any atom is -0.488 e. The number of rotatable bonds is 3. The van der Waals surface area contributed by atoms with Gasteiger partial charge >= 0.3 is 0 Å². The van der Waals surface area contributed by atoms with Crippen molar-refractivity contribution >= 4 is 33.9 Å². The van der Waals surface area contributed by atoms with Gasteiger partial charge in [-0.25, -0.2) is 0 Å². The highest BCUT2D eigenvalue weighted by atomic mass is 127. The van der Waals surface area contributed by atoms with Gasteiger partial charge in [0.15, 0.2) is 0 Å². The van der Waals surface area contributed by atoms with Crippen LogP contribution in [0.3, 0.4) is 0 Å². The van der Waals surface area contributed by atoms with Crippen LogP contribution < -0.4 is 4.74 Å². The van der Waals surface area contributed by atoms with Crippen LogP contribution in [0.4, 0.5) is 0 Å². The van der Waals surface area contributed by atoms with Crippen LogP contribution >= 0.6 is 33.9 Å². The molecular formula is C15H17IOS. The molecular weight excluding hydrogens is 355 g/mol. The van der Waals surface area contributed by atoms with Gasteiger partial charge in [-0.2, -0.15) is 11.3 Å². The number of ether oxygens (including phenoxy) is 1. The summed E-state index contributed by atoms with van der Waals surface area (Å²) in [5, 5.41) is 4.20. The van der Waals surface area contributed by atoms with E-state index in [1.54, 1.807) is 11.3 Å². The summed E-state index contributed by atoms with van der Waals surface area (Å²) in [5.74, 6) is 0.967. The van der Waals surface area contributed by atoms with Crippen LogP contribution in [0.1, 0.15) is 31.9 Å². The zero-order valence-corrected chi connectivity index (χ0v) is 13.8. The molecule has 0 aliphatic rings. The van der Waals surface area contributed by atoms with Gasteiger partial charge in [0.25, 0.3) is 0 Å². The maximum absolute atomic E-state index is 5.85. The van der Waals surface area contributed by atoms with Gasteiger partial charge in [0, 0.05) is 0 Å². The molecule has 0 aliphatic heterocycles. The minimum absolute atomic E-state index is 0.186. The Balaban J connectivity index is 2.10. The number of halogens is 1. The van der Waals surface area contributed by atoms with E-state index in [1.807, 2.05) is 0 Å². The van der Waals surface area contributed by atoms with E-state index in [1.165, 1.54) is 14.7 Å². The maximum atomic E-state index is 5.85. The molecule has 0 atom stereocenters. The van der Waals surface area contributed by atoms with Crippen molar-refractivity contribution in [1.29, 1.82) is 0 Å². The van der Waals surface area contributed by atoms with Gasteiger partial charge in [-0.3, -0.25) is 0 Å². The molecule has 18 heavy (non-hydrogen) atoms. The molecule has 2 rings (SSSR count). The van der Waals surface area contributed by atoms with Crippen LogP contribution in [0.2, 0.25) is 0 Å². The summed E-state index contributed by atoms with van der Waals surface area (Å²) >= 11 is 4.05. The normalized spacial score (nSPS) is 11.6. The molecule has 0 amide bonds. The molecule has 0 fully saturated rings. The lowest BCUT2D eigenvalue weighted by atomic mass is 9.87. The van der Waals surface area contributed by atoms with Crippen molar-refractivity contribution < 1.29 is 4.74 Å². The topological polar surface area (TPSA) is 9.23 Å². The van der Waals surface area contributed by atoms with Crippen molar-refractivity contribution in [2.75, 3.05) is 0 Å². The average molecular weight is 372 g/mol. The first kappa shape index (κ1) is 13.9. The van der Waals surface area contributed by atoms with Crippen molar-refractivity contribution in [3.63, 3.8) is 0 Å². The smallest absolute Gasteiger partial charge is 0.133 e. The average Bonchev–Trinajstić information content (AvgIpc) is 2.79. The summed E-state index contributed by atoms with van der Waals surface area (Å²) in [6.07, 6.45) is 0. The maximum Gasteiger partial charge on any atom is 0.133 e. The first-order valence-corrected chi connectivity index (χ1v) is 7.93. The van der Waals surface area contributed by atoms with Crippen molar-refractivity contribution in [3.8, 4) is 5.75 Å². The van der Waals surface area contributed by atoms with Crippen LogP contribution in [0.15, 0.2) is 35.0 Å². The van der Waals surface area contributed by atoms with E-state index in [4.69, 9.17) is 4.74 Å². The quantitative estimate of drug-likeness (QED) is 0.671. The monoisotopic (exact) mass is 372 g/mol. The van der Waals surface area contributed by atoms with Crippen LogP contribution in [0.5, 0.6) is 5.75 Å². The molecule has 3 heteroatoms. The summed E-state index contributed by atoms with van der Waals surface area (Å²) in [6.45, 7) is 7.33. The lowest BCUT2D eigenvalue weighted by Gasteiger charge is -2.20. The van der Waals surface area contributed by atoms with Gasteiger partial charge in [-0.05, 0) is 68.1 Å². The zero-order valence-electron chi connectivity index (χ0n) is 10.9. The fraction of sp³-hybridized carbons (Fsp3) is 0.333. The Bertz CT molecular complexity index is 512. The van der Waals surface area contributed by atoms with Gasteiger partial charge in [-0.15, -0.1) is 0 Å². The number of hydrogen-bond donors (Lipinski definition) is 0. The van der Waals surface area contributed by atoms with Crippen molar-refractivity contribution in [2.24, 2.45) is 0 Å². The van der Waals surface area contributed by atoms with Crippen LogP contribution in [0.25, 0.3) is 0 Å². The molecule has 0 saturated carbocycles. The molecule has 96 valence electrons. The second kappa shape index (κ2) is 5.61. The van der Waals surface area contributed by atoms with E-state index in [0.717, 1.165) is 5.75 Å². The van der Waals surface area contributed by atoms with Crippen LogP contribution in [0, 0.1) is 3.57 Å². The molecule has 1 heterocycles. The Kier molecular flexibility index (Phi) is 4.33. The molecule has 2 aromatic rings. The van der Waals surface area contributed by atoms with Gasteiger partial charge in [0.2, 0.25) is 0 Å². The lowest BCUT2D eigenvalue weighted by molar-refractivity contribution is 0.304. The fourth-order valence-corrected chi connectivity index (χ4v) is 2.94. The van der Waals surface area contributed by atoms with Gasteiger partial charge in [0.05, 0.1) is 3.57 Å². The summed E-state index contributed by atoms with van der Waals surface area (Å²) in [7, 11) is 0. The van der Waals surface area contributed by atoms with E-state index in [-0.39, 0.29) is 5.41 Å². The third-order valence-electron chi connectivity index (χ3n) is 2.77. The Morgan fingerprint density at radius 2 is 2.00 bits per heavy atom. The van der Waals surface area contributed by atoms with E-state index in [0.29, 0.717) is 6.61 Å². The summed E-state index contributed by atoms with van der Waals surface area (Å²) < 4.78 is 7.02. The first-order valence-electron chi connectivity index (χ1n) is 5.91. The Morgan fingerprint density at radius 1 is 1.22 bits per heavy atom. The Labute approximate surface area is 126 Å². The molecule has 0 unspecified atom stereocenters. The van der Waals surface area contributed by atoms with Gasteiger partial charge in [-0.1, -0.05) is 26.8 Å². The summed E-state index contributed by atoms with van der Waals surface area (Å²) in [4.78, 5) is 0. The molecule has 0 N–H and O–H groups in total. The SMILES string of the molecule is CC(C)(C)c1ccc(OCc2ccsc2)c(I)c1. The van der Waals surface area contributed by atoms with Gasteiger partial charge in [0.1, 0.15) is 12.4 Å². The zero-order chi connectivity index (χ0) is 13.2. The standard InChI is InChI=1S/C15H17IOS/c1-15(2,3)12-4-5-14(13(16)8-12)17-9-11-6-7-18-10-11/h4-8,10H,9H2,1-3H3.